The number of nitrogens with zero attached hydrogens (tertiary/aromatic N) is 4. The molecule has 3 N–H and O–H groups in total. The van der Waals surface area contributed by atoms with E-state index in [1.165, 1.54) is 12.1 Å². The van der Waals surface area contributed by atoms with Gasteiger partial charge in [-0.2, -0.15) is 5.10 Å². The van der Waals surface area contributed by atoms with Crippen molar-refractivity contribution in [3.8, 4) is 0 Å². The average molecular weight is 640 g/mol. The zero-order valence-electron chi connectivity index (χ0n) is 28.1. The molecule has 0 bridgehead atoms. The van der Waals surface area contributed by atoms with Crippen LogP contribution in [0.4, 0.5) is 10.1 Å². The first kappa shape index (κ1) is 35.1. The van der Waals surface area contributed by atoms with Gasteiger partial charge >= 0.3 is 0 Å². The van der Waals surface area contributed by atoms with Crippen molar-refractivity contribution in [2.75, 3.05) is 32.5 Å². The first-order valence-electron chi connectivity index (χ1n) is 16.6. The number of nitrogens with one attached hydrogen (secondary N) is 3. The molecule has 4 amide bonds. The fourth-order valence-corrected chi connectivity index (χ4v) is 6.47. The van der Waals surface area contributed by atoms with Crippen LogP contribution in [0.15, 0.2) is 30.5 Å². The number of likely N-dealkylation sites (N-methyl/N-ethyl adjacent to an activating group) is 1. The van der Waals surface area contributed by atoms with E-state index in [1.54, 1.807) is 48.7 Å². The topological polar surface area (TPSA) is 129 Å². The summed E-state index contributed by atoms with van der Waals surface area (Å²) in [5.74, 6) is -2.70. The predicted molar refractivity (Wildman–Crippen MR) is 175 cm³/mol. The molecule has 1 aromatic heterocycles. The van der Waals surface area contributed by atoms with E-state index in [1.807, 2.05) is 21.0 Å². The number of aryl methyl sites for hydroxylation is 1. The molecule has 2 aromatic rings. The van der Waals surface area contributed by atoms with Crippen molar-refractivity contribution in [1.82, 2.24) is 30.2 Å². The van der Waals surface area contributed by atoms with Gasteiger partial charge in [0.25, 0.3) is 5.91 Å². The van der Waals surface area contributed by atoms with Crippen molar-refractivity contribution in [3.63, 3.8) is 0 Å². The van der Waals surface area contributed by atoms with Gasteiger partial charge in [0.05, 0.1) is 5.69 Å². The number of hydrogen-bond donors (Lipinski definition) is 3. The fourth-order valence-electron chi connectivity index (χ4n) is 6.47. The lowest BCUT2D eigenvalue weighted by Crippen LogP contribution is -2.63. The highest BCUT2D eigenvalue weighted by Gasteiger charge is 2.44. The largest absolute Gasteiger partial charge is 0.344 e. The summed E-state index contributed by atoms with van der Waals surface area (Å²) in [6, 6.07) is 5.47. The molecule has 11 nitrogen and oxygen atoms in total. The van der Waals surface area contributed by atoms with E-state index >= 15 is 4.39 Å². The maximum Gasteiger partial charge on any atom is 0.270 e. The van der Waals surface area contributed by atoms with Crippen LogP contribution in [0.2, 0.25) is 0 Å². The Kier molecular flexibility index (Phi) is 11.6. The molecule has 1 aliphatic heterocycles. The van der Waals surface area contributed by atoms with Crippen LogP contribution in [-0.4, -0.2) is 88.0 Å². The normalized spacial score (nSPS) is 18.6. The third-order valence-electron chi connectivity index (χ3n) is 9.84. The quantitative estimate of drug-likeness (QED) is 0.302. The van der Waals surface area contributed by atoms with Gasteiger partial charge < -0.3 is 25.8 Å². The van der Waals surface area contributed by atoms with Gasteiger partial charge in [0.2, 0.25) is 17.7 Å². The summed E-state index contributed by atoms with van der Waals surface area (Å²) in [6.07, 6.45) is 7.31. The van der Waals surface area contributed by atoms with Gasteiger partial charge in [-0.05, 0) is 70.5 Å². The van der Waals surface area contributed by atoms with Gasteiger partial charge in [0.15, 0.2) is 0 Å². The van der Waals surface area contributed by atoms with Gasteiger partial charge in [0, 0.05) is 44.2 Å². The number of carbonyl (C=O) groups is 4. The molecule has 12 heteroatoms. The van der Waals surface area contributed by atoms with Crippen molar-refractivity contribution in [3.05, 3.63) is 47.5 Å². The molecule has 0 spiro atoms. The summed E-state index contributed by atoms with van der Waals surface area (Å²) in [7, 11) is 3.92. The molecule has 46 heavy (non-hydrogen) atoms. The monoisotopic (exact) mass is 639 g/mol. The van der Waals surface area contributed by atoms with Gasteiger partial charge in [-0.25, -0.2) is 4.39 Å². The van der Waals surface area contributed by atoms with Gasteiger partial charge in [-0.1, -0.05) is 45.6 Å². The summed E-state index contributed by atoms with van der Waals surface area (Å²) in [6.45, 7) is 8.74. The average Bonchev–Trinajstić information content (AvgIpc) is 3.32. The van der Waals surface area contributed by atoms with Crippen molar-refractivity contribution < 1.29 is 23.6 Å². The lowest BCUT2D eigenvalue weighted by molar-refractivity contribution is -0.142. The van der Waals surface area contributed by atoms with Crippen LogP contribution in [-0.2, 0) is 20.9 Å². The first-order valence-corrected chi connectivity index (χ1v) is 16.6. The van der Waals surface area contributed by atoms with Gasteiger partial charge in [-0.3, -0.25) is 23.9 Å². The molecule has 1 aromatic carbocycles. The number of anilines is 1. The molecule has 2 fully saturated rings. The van der Waals surface area contributed by atoms with Crippen molar-refractivity contribution in [2.24, 2.45) is 5.92 Å². The molecular weight excluding hydrogens is 589 g/mol. The lowest BCUT2D eigenvalue weighted by Gasteiger charge is -2.44. The number of carbonyl (C=O) groups excluding carboxylic acids is 4. The van der Waals surface area contributed by atoms with E-state index in [-0.39, 0.29) is 35.9 Å². The summed E-state index contributed by atoms with van der Waals surface area (Å²) in [5, 5.41) is 12.8. The first-order chi connectivity index (χ1) is 21.9. The van der Waals surface area contributed by atoms with E-state index in [9.17, 15) is 19.2 Å². The van der Waals surface area contributed by atoms with E-state index in [2.05, 4.69) is 25.9 Å². The van der Waals surface area contributed by atoms with Crippen molar-refractivity contribution >= 4 is 29.3 Å². The molecule has 2 aliphatic rings. The lowest BCUT2D eigenvalue weighted by atomic mass is 9.79. The Labute approximate surface area is 271 Å². The highest BCUT2D eigenvalue weighted by atomic mass is 19.1. The summed E-state index contributed by atoms with van der Waals surface area (Å²) in [5.41, 5.74) is -0.450. The van der Waals surface area contributed by atoms with Gasteiger partial charge in [-0.15, -0.1) is 0 Å². The van der Waals surface area contributed by atoms with Crippen LogP contribution in [0.5, 0.6) is 0 Å². The van der Waals surface area contributed by atoms with Crippen LogP contribution in [0, 0.1) is 11.7 Å². The highest BCUT2D eigenvalue weighted by Crippen LogP contribution is 2.34. The van der Waals surface area contributed by atoms with Crippen LogP contribution < -0.4 is 16.0 Å². The second-order valence-electron chi connectivity index (χ2n) is 13.1. The van der Waals surface area contributed by atoms with Crippen LogP contribution >= 0.6 is 0 Å². The Morgan fingerprint density at radius 1 is 1.07 bits per heavy atom. The zero-order chi connectivity index (χ0) is 33.6. The Hall–Kier alpha value is -3.80. The number of hydrogen-bond acceptors (Lipinski definition) is 6. The molecular formula is C34H50FN7O4. The number of benzene rings is 1. The molecule has 3 atom stereocenters. The minimum absolute atomic E-state index is 0.0225. The van der Waals surface area contributed by atoms with Crippen LogP contribution in [0.1, 0.15) is 94.6 Å². The maximum absolute atomic E-state index is 15.7. The third kappa shape index (κ3) is 7.76. The number of aromatic nitrogens is 2. The summed E-state index contributed by atoms with van der Waals surface area (Å²) >= 11 is 0. The Morgan fingerprint density at radius 3 is 2.33 bits per heavy atom. The van der Waals surface area contributed by atoms with E-state index in [4.69, 9.17) is 0 Å². The van der Waals surface area contributed by atoms with Crippen LogP contribution in [0.25, 0.3) is 0 Å². The summed E-state index contributed by atoms with van der Waals surface area (Å²) in [4.78, 5) is 57.0. The molecule has 1 saturated carbocycles. The molecule has 1 aliphatic carbocycles. The number of rotatable bonds is 12. The minimum atomic E-state index is -1.30. The molecule has 4 rings (SSSR count). The van der Waals surface area contributed by atoms with E-state index in [0.717, 1.165) is 38.5 Å². The molecule has 2 heterocycles. The van der Waals surface area contributed by atoms with E-state index < -0.39 is 35.1 Å². The molecule has 1 saturated heterocycles. The Morgan fingerprint density at radius 2 is 1.74 bits per heavy atom. The van der Waals surface area contributed by atoms with Crippen LogP contribution in [0.3, 0.4) is 0 Å². The maximum atomic E-state index is 15.7. The fraction of sp³-hybridized carbons (Fsp3) is 0.618. The third-order valence-corrected chi connectivity index (χ3v) is 9.84. The highest BCUT2D eigenvalue weighted by molar-refractivity contribution is 6.03. The number of halogens is 1. The molecule has 0 radical (unpaired) electrons. The number of amides is 4. The Bertz CT molecular complexity index is 1400. The minimum Gasteiger partial charge on any atom is -0.344 e. The smallest absolute Gasteiger partial charge is 0.270 e. The predicted octanol–water partition coefficient (Wildman–Crippen LogP) is 3.91. The van der Waals surface area contributed by atoms with Gasteiger partial charge in [0.1, 0.15) is 23.1 Å². The number of likely N-dealkylation sites (tertiary alicyclic amines) is 1. The SMILES string of the molecule is CCC(=O)N[C@@H](C(=O)N1CC(N(C)C)C1)[C@@H](C)c1ccc(NC(=O)[C@](C)(NC(=O)c2ccnn2CC)C2CCCCCC2)c(F)c1. The second kappa shape index (κ2) is 15.2. The summed E-state index contributed by atoms with van der Waals surface area (Å²) < 4.78 is 17.3. The molecule has 252 valence electrons. The molecule has 0 unspecified atom stereocenters. The Balaban J connectivity index is 1.55. The zero-order valence-corrected chi connectivity index (χ0v) is 28.1. The van der Waals surface area contributed by atoms with Crippen molar-refractivity contribution in [2.45, 2.75) is 103 Å². The van der Waals surface area contributed by atoms with Crippen molar-refractivity contribution in [1.29, 1.82) is 0 Å². The standard InChI is InChI=1S/C34H50FN7O4/c1-7-29(43)38-30(32(45)41-20-25(21-41)40(5)6)22(3)23-15-16-27(26(35)19-23)37-33(46)34(4,24-13-11-9-10-12-14-24)39-31(44)28-17-18-36-42(28)8-2/h15-19,22,24-25,30H,7-14,20-21H2,1-6H3,(H,37,46)(H,38,43)(H,39,44)/t22-,30+,34+/m0/s1. The second-order valence-corrected chi connectivity index (χ2v) is 13.1. The van der Waals surface area contributed by atoms with E-state index in [0.29, 0.717) is 30.9 Å².